The lowest BCUT2D eigenvalue weighted by Gasteiger charge is -2.14. The second-order valence-corrected chi connectivity index (χ2v) is 4.92. The van der Waals surface area contributed by atoms with Crippen molar-refractivity contribution in [2.75, 3.05) is 26.2 Å². The Hall–Kier alpha value is -1.13. The minimum Gasteiger partial charge on any atom is -0.352 e. The third kappa shape index (κ3) is 3.68. The van der Waals surface area contributed by atoms with E-state index in [1.807, 2.05) is 0 Å². The van der Waals surface area contributed by atoms with Crippen LogP contribution in [0.25, 0.3) is 0 Å². The molecule has 0 bridgehead atoms. The average molecular weight is 268 g/mol. The number of carbonyl (C=O) groups excluding carboxylic acids is 1. The van der Waals surface area contributed by atoms with Crippen LogP contribution >= 0.6 is 11.6 Å². The van der Waals surface area contributed by atoms with Crippen molar-refractivity contribution in [1.82, 2.24) is 15.2 Å². The first-order chi connectivity index (χ1) is 8.77. The Kier molecular flexibility index (Phi) is 4.96. The minimum atomic E-state index is -0.121. The predicted octanol–water partition coefficient (Wildman–Crippen LogP) is 1.95. The van der Waals surface area contributed by atoms with Gasteiger partial charge in [0.25, 0.3) is 5.91 Å². The van der Waals surface area contributed by atoms with E-state index in [0.29, 0.717) is 17.1 Å². The molecule has 1 N–H and O–H groups in total. The van der Waals surface area contributed by atoms with Crippen molar-refractivity contribution in [3.05, 3.63) is 29.0 Å². The van der Waals surface area contributed by atoms with Gasteiger partial charge < -0.3 is 10.2 Å². The molecule has 0 atom stereocenters. The maximum atomic E-state index is 11.8. The van der Waals surface area contributed by atoms with E-state index in [2.05, 4.69) is 15.2 Å². The highest BCUT2D eigenvalue weighted by Crippen LogP contribution is 2.12. The Bertz CT molecular complexity index is 405. The second-order valence-electron chi connectivity index (χ2n) is 4.51. The molecule has 1 aliphatic heterocycles. The molecule has 2 rings (SSSR count). The van der Waals surface area contributed by atoms with Crippen LogP contribution in [-0.4, -0.2) is 42.0 Å². The van der Waals surface area contributed by atoms with Gasteiger partial charge in [-0.05, 0) is 45.0 Å². The molecule has 1 aliphatic rings. The van der Waals surface area contributed by atoms with Crippen LogP contribution in [0.1, 0.15) is 29.6 Å². The van der Waals surface area contributed by atoms with Crippen LogP contribution < -0.4 is 5.32 Å². The number of aromatic nitrogens is 1. The van der Waals surface area contributed by atoms with E-state index >= 15 is 0 Å². The van der Waals surface area contributed by atoms with Gasteiger partial charge in [-0.25, -0.2) is 0 Å². The standard InChI is InChI=1S/C13H18ClN3O/c14-12-10-15-6-4-11(12)13(18)16-5-3-9-17-7-1-2-8-17/h4,6,10H,1-3,5,7-9H2,(H,16,18). The quantitative estimate of drug-likeness (QED) is 0.830. The van der Waals surface area contributed by atoms with Gasteiger partial charge in [0.2, 0.25) is 0 Å². The van der Waals surface area contributed by atoms with E-state index in [1.165, 1.54) is 32.1 Å². The number of hydrogen-bond donors (Lipinski definition) is 1. The molecule has 5 heteroatoms. The number of nitrogens with zero attached hydrogens (tertiary/aromatic N) is 2. The smallest absolute Gasteiger partial charge is 0.252 e. The van der Waals surface area contributed by atoms with Crippen molar-refractivity contribution < 1.29 is 4.79 Å². The van der Waals surface area contributed by atoms with Gasteiger partial charge in [0.15, 0.2) is 0 Å². The molecule has 4 nitrogen and oxygen atoms in total. The fourth-order valence-electron chi connectivity index (χ4n) is 2.17. The van der Waals surface area contributed by atoms with Crippen LogP contribution in [0.4, 0.5) is 0 Å². The van der Waals surface area contributed by atoms with Crippen molar-refractivity contribution in [3.8, 4) is 0 Å². The molecule has 0 spiro atoms. The maximum absolute atomic E-state index is 11.8. The maximum Gasteiger partial charge on any atom is 0.252 e. The summed E-state index contributed by atoms with van der Waals surface area (Å²) in [5.74, 6) is -0.121. The summed E-state index contributed by atoms with van der Waals surface area (Å²) < 4.78 is 0. The lowest BCUT2D eigenvalue weighted by Crippen LogP contribution is -2.28. The fraction of sp³-hybridized carbons (Fsp3) is 0.538. The van der Waals surface area contributed by atoms with Gasteiger partial charge >= 0.3 is 0 Å². The number of hydrogen-bond acceptors (Lipinski definition) is 3. The van der Waals surface area contributed by atoms with E-state index in [0.717, 1.165) is 13.0 Å². The number of amides is 1. The number of nitrogens with one attached hydrogen (secondary N) is 1. The highest BCUT2D eigenvalue weighted by molar-refractivity contribution is 6.33. The van der Waals surface area contributed by atoms with Gasteiger partial charge in [-0.3, -0.25) is 9.78 Å². The zero-order valence-electron chi connectivity index (χ0n) is 10.4. The summed E-state index contributed by atoms with van der Waals surface area (Å²) in [4.78, 5) is 18.1. The molecular formula is C13H18ClN3O. The summed E-state index contributed by atoms with van der Waals surface area (Å²) in [5.41, 5.74) is 0.493. The van der Waals surface area contributed by atoms with Gasteiger partial charge in [0.05, 0.1) is 10.6 Å². The Labute approximate surface area is 112 Å². The second kappa shape index (κ2) is 6.71. The summed E-state index contributed by atoms with van der Waals surface area (Å²) >= 11 is 5.90. The highest BCUT2D eigenvalue weighted by Gasteiger charge is 2.12. The Balaban J connectivity index is 1.70. The first-order valence-corrected chi connectivity index (χ1v) is 6.75. The van der Waals surface area contributed by atoms with Gasteiger partial charge in [0, 0.05) is 18.9 Å². The molecule has 1 amide bonds. The number of rotatable bonds is 5. The van der Waals surface area contributed by atoms with Crippen molar-refractivity contribution >= 4 is 17.5 Å². The molecule has 0 radical (unpaired) electrons. The number of halogens is 1. The fourth-order valence-corrected chi connectivity index (χ4v) is 2.37. The third-order valence-electron chi connectivity index (χ3n) is 3.15. The largest absolute Gasteiger partial charge is 0.352 e. The molecule has 1 aromatic heterocycles. The van der Waals surface area contributed by atoms with Gasteiger partial charge in [-0.15, -0.1) is 0 Å². The predicted molar refractivity (Wildman–Crippen MR) is 71.9 cm³/mol. The Morgan fingerprint density at radius 2 is 2.22 bits per heavy atom. The molecule has 0 aromatic carbocycles. The van der Waals surface area contributed by atoms with Crippen LogP contribution in [0.5, 0.6) is 0 Å². The van der Waals surface area contributed by atoms with Crippen LogP contribution in [-0.2, 0) is 0 Å². The summed E-state index contributed by atoms with van der Waals surface area (Å²) in [7, 11) is 0. The summed E-state index contributed by atoms with van der Waals surface area (Å²) in [6, 6.07) is 1.64. The zero-order chi connectivity index (χ0) is 12.8. The normalized spacial score (nSPS) is 15.8. The lowest BCUT2D eigenvalue weighted by atomic mass is 10.2. The van der Waals surface area contributed by atoms with Crippen molar-refractivity contribution in [2.45, 2.75) is 19.3 Å². The first-order valence-electron chi connectivity index (χ1n) is 6.37. The number of likely N-dealkylation sites (tertiary alicyclic amines) is 1. The lowest BCUT2D eigenvalue weighted by molar-refractivity contribution is 0.0952. The van der Waals surface area contributed by atoms with E-state index in [9.17, 15) is 4.79 Å². The van der Waals surface area contributed by atoms with Crippen molar-refractivity contribution in [1.29, 1.82) is 0 Å². The molecule has 18 heavy (non-hydrogen) atoms. The van der Waals surface area contributed by atoms with E-state index in [4.69, 9.17) is 11.6 Å². The summed E-state index contributed by atoms with van der Waals surface area (Å²) in [6.07, 6.45) is 6.65. The average Bonchev–Trinajstić information content (AvgIpc) is 2.88. The van der Waals surface area contributed by atoms with Crippen molar-refractivity contribution in [3.63, 3.8) is 0 Å². The SMILES string of the molecule is O=C(NCCCN1CCCC1)c1ccncc1Cl. The molecule has 1 saturated heterocycles. The molecule has 98 valence electrons. The van der Waals surface area contributed by atoms with Gasteiger partial charge in [0.1, 0.15) is 0 Å². The van der Waals surface area contributed by atoms with Crippen LogP contribution in [0.3, 0.4) is 0 Å². The molecule has 2 heterocycles. The Morgan fingerprint density at radius 3 is 2.94 bits per heavy atom. The molecule has 1 fully saturated rings. The first kappa shape index (κ1) is 13.3. The highest BCUT2D eigenvalue weighted by atomic mass is 35.5. The minimum absolute atomic E-state index is 0.121. The van der Waals surface area contributed by atoms with Crippen molar-refractivity contribution in [2.24, 2.45) is 0 Å². The Morgan fingerprint density at radius 1 is 1.44 bits per heavy atom. The molecule has 1 aromatic rings. The van der Waals surface area contributed by atoms with E-state index in [1.54, 1.807) is 12.3 Å². The third-order valence-corrected chi connectivity index (χ3v) is 3.45. The van der Waals surface area contributed by atoms with E-state index < -0.39 is 0 Å². The monoisotopic (exact) mass is 267 g/mol. The van der Waals surface area contributed by atoms with E-state index in [-0.39, 0.29) is 5.91 Å². The van der Waals surface area contributed by atoms with Crippen LogP contribution in [0.15, 0.2) is 18.5 Å². The zero-order valence-corrected chi connectivity index (χ0v) is 11.1. The van der Waals surface area contributed by atoms with Crippen LogP contribution in [0, 0.1) is 0 Å². The van der Waals surface area contributed by atoms with Gasteiger partial charge in [-0.2, -0.15) is 0 Å². The summed E-state index contributed by atoms with van der Waals surface area (Å²) in [5, 5.41) is 3.28. The molecule has 0 aliphatic carbocycles. The van der Waals surface area contributed by atoms with Crippen LogP contribution in [0.2, 0.25) is 5.02 Å². The van der Waals surface area contributed by atoms with Gasteiger partial charge in [-0.1, -0.05) is 11.6 Å². The summed E-state index contributed by atoms with van der Waals surface area (Å²) in [6.45, 7) is 4.15. The molecular weight excluding hydrogens is 250 g/mol. The number of pyridine rings is 1. The topological polar surface area (TPSA) is 45.2 Å². The number of carbonyl (C=O) groups is 1. The molecule has 0 unspecified atom stereocenters. The molecule has 0 saturated carbocycles.